The molecule has 0 saturated carbocycles. The molecule has 0 amide bonds. The second-order valence-electron chi connectivity index (χ2n) is 3.76. The fraction of sp³-hybridized carbons (Fsp3) is 0. The van der Waals surface area contributed by atoms with Gasteiger partial charge in [0, 0.05) is 28.9 Å². The van der Waals surface area contributed by atoms with E-state index in [0.717, 1.165) is 0 Å². The molecule has 1 aromatic carbocycles. The average molecular weight is 259 g/mol. The number of nitrogens with two attached hydrogens (primary N) is 1. The van der Waals surface area contributed by atoms with Crippen LogP contribution in [-0.4, -0.2) is 16.9 Å². The normalized spacial score (nSPS) is 10.1. The number of carbonyl (C=O) groups excluding carboxylic acids is 1. The van der Waals surface area contributed by atoms with Crippen LogP contribution in [0.15, 0.2) is 34.9 Å². The lowest BCUT2D eigenvalue weighted by atomic mass is 10.0. The molecule has 7 heteroatoms. The standard InChI is InChI=1S/C12H9N3O4/c13-11-2-1-8(15(17)18)4-10(11)12(14)7-3-9(5-16)19-6-7/h1-6,14H,13H2. The number of benzene rings is 1. The zero-order valence-corrected chi connectivity index (χ0v) is 9.62. The summed E-state index contributed by atoms with van der Waals surface area (Å²) in [6.07, 6.45) is 1.73. The summed E-state index contributed by atoms with van der Waals surface area (Å²) < 4.78 is 4.89. The minimum absolute atomic E-state index is 0.0435. The molecular formula is C12H9N3O4. The van der Waals surface area contributed by atoms with Crippen molar-refractivity contribution in [3.05, 3.63) is 57.5 Å². The van der Waals surface area contributed by atoms with E-state index in [-0.39, 0.29) is 28.4 Å². The van der Waals surface area contributed by atoms with Crippen LogP contribution in [0.3, 0.4) is 0 Å². The van der Waals surface area contributed by atoms with E-state index >= 15 is 0 Å². The third-order valence-corrected chi connectivity index (χ3v) is 2.54. The molecule has 96 valence electrons. The van der Waals surface area contributed by atoms with Gasteiger partial charge in [0.25, 0.3) is 5.69 Å². The molecule has 0 aliphatic heterocycles. The average Bonchev–Trinajstić information content (AvgIpc) is 2.87. The number of nitrogens with one attached hydrogen (secondary N) is 1. The molecule has 0 saturated heterocycles. The zero-order valence-electron chi connectivity index (χ0n) is 9.62. The summed E-state index contributed by atoms with van der Waals surface area (Å²) in [5.74, 6) is 0.0729. The molecule has 0 atom stereocenters. The third kappa shape index (κ3) is 2.34. The highest BCUT2D eigenvalue weighted by Gasteiger charge is 2.15. The summed E-state index contributed by atoms with van der Waals surface area (Å²) in [5.41, 5.74) is 6.28. The first-order valence-corrected chi connectivity index (χ1v) is 5.20. The number of rotatable bonds is 4. The maximum atomic E-state index is 10.7. The smallest absolute Gasteiger partial charge is 0.270 e. The van der Waals surface area contributed by atoms with Crippen molar-refractivity contribution >= 4 is 23.4 Å². The first-order valence-electron chi connectivity index (χ1n) is 5.20. The Balaban J connectivity index is 2.45. The van der Waals surface area contributed by atoms with Crippen molar-refractivity contribution in [1.82, 2.24) is 0 Å². The lowest BCUT2D eigenvalue weighted by molar-refractivity contribution is -0.384. The molecule has 1 aromatic heterocycles. The van der Waals surface area contributed by atoms with Crippen LogP contribution in [0, 0.1) is 15.5 Å². The highest BCUT2D eigenvalue weighted by molar-refractivity contribution is 6.14. The van der Waals surface area contributed by atoms with Crippen LogP contribution in [0.4, 0.5) is 11.4 Å². The number of hydrogen-bond donors (Lipinski definition) is 2. The number of nitro benzene ring substituents is 1. The Labute approximate surface area is 107 Å². The molecule has 0 radical (unpaired) electrons. The molecule has 0 unspecified atom stereocenters. The van der Waals surface area contributed by atoms with Gasteiger partial charge in [-0.15, -0.1) is 0 Å². The SMILES string of the molecule is N=C(c1coc(C=O)c1)c1cc([N+](=O)[O-])ccc1N. The highest BCUT2D eigenvalue weighted by atomic mass is 16.6. The largest absolute Gasteiger partial charge is 0.461 e. The number of nitrogen functional groups attached to an aromatic ring is 1. The van der Waals surface area contributed by atoms with Crippen LogP contribution in [0.1, 0.15) is 21.7 Å². The predicted molar refractivity (Wildman–Crippen MR) is 67.5 cm³/mol. The van der Waals surface area contributed by atoms with Gasteiger partial charge in [0.2, 0.25) is 0 Å². The zero-order chi connectivity index (χ0) is 14.0. The molecule has 0 aliphatic carbocycles. The summed E-state index contributed by atoms with van der Waals surface area (Å²) in [6, 6.07) is 5.21. The first-order chi connectivity index (χ1) is 9.02. The van der Waals surface area contributed by atoms with Gasteiger partial charge < -0.3 is 10.2 Å². The van der Waals surface area contributed by atoms with Crippen molar-refractivity contribution in [3.63, 3.8) is 0 Å². The second-order valence-corrected chi connectivity index (χ2v) is 3.76. The summed E-state index contributed by atoms with van der Waals surface area (Å²) in [7, 11) is 0. The van der Waals surface area contributed by atoms with Crippen LogP contribution >= 0.6 is 0 Å². The quantitative estimate of drug-likeness (QED) is 0.286. The lowest BCUT2D eigenvalue weighted by Crippen LogP contribution is -2.05. The summed E-state index contributed by atoms with van der Waals surface area (Å²) in [5, 5.41) is 18.7. The van der Waals surface area contributed by atoms with Gasteiger partial charge in [-0.05, 0) is 12.1 Å². The maximum absolute atomic E-state index is 10.7. The van der Waals surface area contributed by atoms with E-state index in [0.29, 0.717) is 11.8 Å². The van der Waals surface area contributed by atoms with Crippen LogP contribution in [0.5, 0.6) is 0 Å². The van der Waals surface area contributed by atoms with Crippen molar-refractivity contribution in [2.45, 2.75) is 0 Å². The van der Waals surface area contributed by atoms with Crippen molar-refractivity contribution in [3.8, 4) is 0 Å². The number of non-ortho nitro benzene ring substituents is 1. The highest BCUT2D eigenvalue weighted by Crippen LogP contribution is 2.23. The molecular weight excluding hydrogens is 250 g/mol. The van der Waals surface area contributed by atoms with E-state index in [1.807, 2.05) is 0 Å². The van der Waals surface area contributed by atoms with Gasteiger partial charge in [0.15, 0.2) is 12.0 Å². The molecule has 1 heterocycles. The summed E-state index contributed by atoms with van der Waals surface area (Å²) in [6.45, 7) is 0. The topological polar surface area (TPSA) is 123 Å². The van der Waals surface area contributed by atoms with E-state index in [1.165, 1.54) is 30.5 Å². The summed E-state index contributed by atoms with van der Waals surface area (Å²) in [4.78, 5) is 20.6. The predicted octanol–water partition coefficient (Wildman–Crippen LogP) is 2.00. The number of furan rings is 1. The Bertz CT molecular complexity index is 675. The molecule has 2 aromatic rings. The van der Waals surface area contributed by atoms with Gasteiger partial charge >= 0.3 is 0 Å². The Kier molecular flexibility index (Phi) is 3.11. The van der Waals surface area contributed by atoms with Crippen molar-refractivity contribution in [2.24, 2.45) is 0 Å². The number of nitro groups is 1. The number of nitrogens with zero attached hydrogens (tertiary/aromatic N) is 1. The van der Waals surface area contributed by atoms with E-state index in [9.17, 15) is 14.9 Å². The van der Waals surface area contributed by atoms with Gasteiger partial charge in [0.1, 0.15) is 6.26 Å². The molecule has 0 bridgehead atoms. The van der Waals surface area contributed by atoms with Gasteiger partial charge in [-0.2, -0.15) is 0 Å². The van der Waals surface area contributed by atoms with Crippen molar-refractivity contribution in [2.75, 3.05) is 5.73 Å². The van der Waals surface area contributed by atoms with Gasteiger partial charge in [-0.1, -0.05) is 0 Å². The van der Waals surface area contributed by atoms with Crippen LogP contribution in [-0.2, 0) is 0 Å². The van der Waals surface area contributed by atoms with Gasteiger partial charge in [-0.3, -0.25) is 20.3 Å². The Morgan fingerprint density at radius 1 is 1.42 bits per heavy atom. The number of hydrogen-bond acceptors (Lipinski definition) is 6. The van der Waals surface area contributed by atoms with Crippen LogP contribution in [0.2, 0.25) is 0 Å². The first kappa shape index (κ1) is 12.5. The van der Waals surface area contributed by atoms with E-state index in [2.05, 4.69) is 0 Å². The van der Waals surface area contributed by atoms with Crippen molar-refractivity contribution in [1.29, 1.82) is 5.41 Å². The molecule has 0 fully saturated rings. The van der Waals surface area contributed by atoms with Gasteiger partial charge in [-0.25, -0.2) is 0 Å². The molecule has 7 nitrogen and oxygen atoms in total. The third-order valence-electron chi connectivity index (χ3n) is 2.54. The Morgan fingerprint density at radius 2 is 2.16 bits per heavy atom. The molecule has 2 rings (SSSR count). The van der Waals surface area contributed by atoms with E-state index in [4.69, 9.17) is 15.6 Å². The lowest BCUT2D eigenvalue weighted by Gasteiger charge is -2.05. The minimum Gasteiger partial charge on any atom is -0.461 e. The number of anilines is 1. The fourth-order valence-electron chi connectivity index (χ4n) is 1.58. The summed E-state index contributed by atoms with van der Waals surface area (Å²) >= 11 is 0. The molecule has 19 heavy (non-hydrogen) atoms. The fourth-order valence-corrected chi connectivity index (χ4v) is 1.58. The Morgan fingerprint density at radius 3 is 2.74 bits per heavy atom. The maximum Gasteiger partial charge on any atom is 0.270 e. The van der Waals surface area contributed by atoms with Crippen molar-refractivity contribution < 1.29 is 14.1 Å². The monoisotopic (exact) mass is 259 g/mol. The molecule has 3 N–H and O–H groups in total. The molecule has 0 aliphatic rings. The number of aldehydes is 1. The Hall–Kier alpha value is -2.96. The van der Waals surface area contributed by atoms with Crippen LogP contribution in [0.25, 0.3) is 0 Å². The molecule has 0 spiro atoms. The van der Waals surface area contributed by atoms with E-state index in [1.54, 1.807) is 0 Å². The number of carbonyl (C=O) groups is 1. The van der Waals surface area contributed by atoms with Crippen LogP contribution < -0.4 is 5.73 Å². The van der Waals surface area contributed by atoms with E-state index < -0.39 is 4.92 Å². The minimum atomic E-state index is -0.567. The second kappa shape index (κ2) is 4.73. The van der Waals surface area contributed by atoms with Gasteiger partial charge in [0.05, 0.1) is 10.6 Å².